The Bertz CT molecular complexity index is 593. The number of carbonyl (C=O) groups is 1. The summed E-state index contributed by atoms with van der Waals surface area (Å²) in [6.07, 6.45) is 0. The molecule has 0 amide bonds. The average Bonchev–Trinajstić information content (AvgIpc) is 2.69. The van der Waals surface area contributed by atoms with Crippen molar-refractivity contribution in [3.63, 3.8) is 0 Å². The lowest BCUT2D eigenvalue weighted by Gasteiger charge is -2.02. The predicted molar refractivity (Wildman–Crippen MR) is 63.9 cm³/mol. The lowest BCUT2D eigenvalue weighted by molar-refractivity contribution is 0.100. The minimum absolute atomic E-state index is 0.0350. The maximum atomic E-state index is 13.5. The Morgan fingerprint density at radius 2 is 1.82 bits per heavy atom. The van der Waals surface area contributed by atoms with Gasteiger partial charge in [-0.25, -0.2) is 8.78 Å². The van der Waals surface area contributed by atoms with Crippen LogP contribution in [-0.4, -0.2) is 5.78 Å². The predicted octanol–water partition coefficient (Wildman–Crippen LogP) is 4.31. The van der Waals surface area contributed by atoms with E-state index in [9.17, 15) is 13.6 Å². The SMILES string of the molecule is O=C(c1ccc(Br)o1)c1cc(F)c(Br)cc1F. The van der Waals surface area contributed by atoms with Crippen LogP contribution in [-0.2, 0) is 0 Å². The Hall–Kier alpha value is -1.01. The summed E-state index contributed by atoms with van der Waals surface area (Å²) in [5.74, 6) is -2.28. The number of rotatable bonds is 2. The maximum absolute atomic E-state index is 13.5. The molecule has 1 aromatic carbocycles. The second-order valence-electron chi connectivity index (χ2n) is 3.18. The number of ketones is 1. The zero-order chi connectivity index (χ0) is 12.6. The van der Waals surface area contributed by atoms with Gasteiger partial charge in [-0.2, -0.15) is 0 Å². The number of halogens is 4. The molecule has 88 valence electrons. The van der Waals surface area contributed by atoms with Crippen molar-refractivity contribution >= 4 is 37.6 Å². The van der Waals surface area contributed by atoms with Gasteiger partial charge in [0, 0.05) is 0 Å². The molecular weight excluding hydrogens is 362 g/mol. The van der Waals surface area contributed by atoms with E-state index in [4.69, 9.17) is 4.42 Å². The van der Waals surface area contributed by atoms with Gasteiger partial charge >= 0.3 is 0 Å². The molecule has 2 nitrogen and oxygen atoms in total. The third kappa shape index (κ3) is 2.47. The second kappa shape index (κ2) is 4.70. The third-order valence-electron chi connectivity index (χ3n) is 2.05. The van der Waals surface area contributed by atoms with Crippen molar-refractivity contribution in [1.29, 1.82) is 0 Å². The first-order valence-electron chi connectivity index (χ1n) is 4.43. The maximum Gasteiger partial charge on any atom is 0.231 e. The highest BCUT2D eigenvalue weighted by Crippen LogP contribution is 2.23. The van der Waals surface area contributed by atoms with Gasteiger partial charge in [-0.1, -0.05) is 0 Å². The molecule has 0 aliphatic rings. The van der Waals surface area contributed by atoms with Crippen molar-refractivity contribution in [2.75, 3.05) is 0 Å². The van der Waals surface area contributed by atoms with Crippen molar-refractivity contribution in [1.82, 2.24) is 0 Å². The van der Waals surface area contributed by atoms with Crippen LogP contribution in [0.4, 0.5) is 8.78 Å². The van der Waals surface area contributed by atoms with Gasteiger partial charge in [0.15, 0.2) is 10.4 Å². The lowest BCUT2D eigenvalue weighted by Crippen LogP contribution is -2.04. The van der Waals surface area contributed by atoms with E-state index >= 15 is 0 Å². The number of hydrogen-bond acceptors (Lipinski definition) is 2. The van der Waals surface area contributed by atoms with Crippen LogP contribution in [0.2, 0.25) is 0 Å². The first kappa shape index (κ1) is 12.4. The van der Waals surface area contributed by atoms with E-state index in [-0.39, 0.29) is 15.8 Å². The van der Waals surface area contributed by atoms with Gasteiger partial charge in [0.2, 0.25) is 5.78 Å². The third-order valence-corrected chi connectivity index (χ3v) is 3.09. The minimum atomic E-state index is -0.809. The standard InChI is InChI=1S/C11H4Br2F2O2/c12-6-4-7(14)5(3-8(6)15)11(16)9-1-2-10(13)17-9/h1-4H. The van der Waals surface area contributed by atoms with E-state index < -0.39 is 17.4 Å². The Kier molecular flexibility index (Phi) is 3.44. The van der Waals surface area contributed by atoms with Crippen LogP contribution in [0, 0.1) is 11.6 Å². The largest absolute Gasteiger partial charge is 0.446 e. The number of benzene rings is 1. The minimum Gasteiger partial charge on any atom is -0.446 e. The van der Waals surface area contributed by atoms with Gasteiger partial charge in [0.1, 0.15) is 11.6 Å². The van der Waals surface area contributed by atoms with E-state index in [2.05, 4.69) is 31.9 Å². The lowest BCUT2D eigenvalue weighted by atomic mass is 10.1. The molecule has 0 saturated heterocycles. The highest BCUT2D eigenvalue weighted by molar-refractivity contribution is 9.10. The summed E-state index contributed by atoms with van der Waals surface area (Å²) in [4.78, 5) is 11.8. The molecule has 0 aliphatic carbocycles. The van der Waals surface area contributed by atoms with Gasteiger partial charge < -0.3 is 4.42 Å². The molecule has 1 aromatic heterocycles. The molecule has 17 heavy (non-hydrogen) atoms. The molecule has 0 unspecified atom stereocenters. The first-order valence-corrected chi connectivity index (χ1v) is 6.02. The Balaban J connectivity index is 2.47. The van der Waals surface area contributed by atoms with Crippen LogP contribution in [0.25, 0.3) is 0 Å². The Morgan fingerprint density at radius 3 is 2.41 bits per heavy atom. The molecule has 0 saturated carbocycles. The monoisotopic (exact) mass is 364 g/mol. The van der Waals surface area contributed by atoms with Gasteiger partial charge in [-0.15, -0.1) is 0 Å². The normalized spacial score (nSPS) is 10.6. The summed E-state index contributed by atoms with van der Waals surface area (Å²) < 4.78 is 32.0. The van der Waals surface area contributed by atoms with Crippen molar-refractivity contribution in [2.45, 2.75) is 0 Å². The van der Waals surface area contributed by atoms with Crippen LogP contribution in [0.5, 0.6) is 0 Å². The smallest absolute Gasteiger partial charge is 0.231 e. The fourth-order valence-corrected chi connectivity index (χ4v) is 1.89. The summed E-state index contributed by atoms with van der Waals surface area (Å²) in [6, 6.07) is 4.62. The molecule has 0 N–H and O–H groups in total. The van der Waals surface area contributed by atoms with Crippen LogP contribution in [0.15, 0.2) is 37.8 Å². The van der Waals surface area contributed by atoms with E-state index in [0.29, 0.717) is 4.67 Å². The topological polar surface area (TPSA) is 30.2 Å². The van der Waals surface area contributed by atoms with E-state index in [1.165, 1.54) is 12.1 Å². The molecule has 0 bridgehead atoms. The molecule has 0 atom stereocenters. The van der Waals surface area contributed by atoms with E-state index in [1.54, 1.807) is 0 Å². The molecule has 0 aliphatic heterocycles. The quantitative estimate of drug-likeness (QED) is 0.586. The average molecular weight is 366 g/mol. The van der Waals surface area contributed by atoms with Gasteiger partial charge in [0.25, 0.3) is 0 Å². The fourth-order valence-electron chi connectivity index (χ4n) is 1.27. The zero-order valence-electron chi connectivity index (χ0n) is 8.14. The van der Waals surface area contributed by atoms with Crippen molar-refractivity contribution in [2.24, 2.45) is 0 Å². The molecule has 6 heteroatoms. The summed E-state index contributed by atoms with van der Waals surface area (Å²) >= 11 is 5.86. The molecule has 0 radical (unpaired) electrons. The van der Waals surface area contributed by atoms with Crippen molar-refractivity contribution < 1.29 is 18.0 Å². The molecule has 0 fully saturated rings. The van der Waals surface area contributed by atoms with Gasteiger partial charge in [-0.05, 0) is 56.1 Å². The van der Waals surface area contributed by atoms with Gasteiger partial charge in [-0.3, -0.25) is 4.79 Å². The Labute approximate surface area is 112 Å². The molecule has 0 spiro atoms. The number of hydrogen-bond donors (Lipinski definition) is 0. The second-order valence-corrected chi connectivity index (χ2v) is 4.81. The van der Waals surface area contributed by atoms with Gasteiger partial charge in [0.05, 0.1) is 10.0 Å². The summed E-state index contributed by atoms with van der Waals surface area (Å²) in [7, 11) is 0. The summed E-state index contributed by atoms with van der Waals surface area (Å²) in [5, 5.41) is 0. The Morgan fingerprint density at radius 1 is 1.12 bits per heavy atom. The molecule has 2 rings (SSSR count). The molecular formula is C11H4Br2F2O2. The summed E-state index contributed by atoms with van der Waals surface area (Å²) in [5.41, 5.74) is -0.368. The van der Waals surface area contributed by atoms with E-state index in [1.807, 2.05) is 0 Å². The fraction of sp³-hybridized carbons (Fsp3) is 0. The zero-order valence-corrected chi connectivity index (χ0v) is 11.3. The number of carbonyl (C=O) groups excluding carboxylic acids is 1. The molecule has 2 aromatic rings. The first-order chi connectivity index (χ1) is 7.99. The van der Waals surface area contributed by atoms with Crippen LogP contribution >= 0.6 is 31.9 Å². The van der Waals surface area contributed by atoms with Crippen molar-refractivity contribution in [3.05, 3.63) is 56.4 Å². The highest BCUT2D eigenvalue weighted by Gasteiger charge is 2.19. The van der Waals surface area contributed by atoms with Crippen molar-refractivity contribution in [3.8, 4) is 0 Å². The van der Waals surface area contributed by atoms with E-state index in [0.717, 1.165) is 12.1 Å². The summed E-state index contributed by atoms with van der Waals surface area (Å²) in [6.45, 7) is 0. The van der Waals surface area contributed by atoms with Crippen LogP contribution in [0.3, 0.4) is 0 Å². The highest BCUT2D eigenvalue weighted by atomic mass is 79.9. The molecule has 1 heterocycles. The van der Waals surface area contributed by atoms with Crippen LogP contribution in [0.1, 0.15) is 16.1 Å². The van der Waals surface area contributed by atoms with Crippen LogP contribution < -0.4 is 0 Å². The number of furan rings is 1.